The zero-order valence-electron chi connectivity index (χ0n) is 47.9. The fourth-order valence-corrected chi connectivity index (χ4v) is 16.3. The van der Waals surface area contributed by atoms with Gasteiger partial charge in [0.25, 0.3) is 0 Å². The van der Waals surface area contributed by atoms with Crippen molar-refractivity contribution in [2.45, 2.75) is 238 Å². The van der Waals surface area contributed by atoms with Crippen LogP contribution in [0.15, 0.2) is 23.3 Å². The summed E-state index contributed by atoms with van der Waals surface area (Å²) in [5.41, 5.74) is -4.56. The molecule has 8 rings (SSSR count). The van der Waals surface area contributed by atoms with Crippen LogP contribution >= 0.6 is 0 Å². The Hall–Kier alpha value is -2.79. The molecule has 23 heteroatoms. The van der Waals surface area contributed by atoms with Crippen molar-refractivity contribution in [2.24, 2.45) is 56.2 Å². The third-order valence-electron chi connectivity index (χ3n) is 21.6. The number of carboxylic acids is 1. The Kier molecular flexibility index (Phi) is 18.1. The molecule has 5 aliphatic carbocycles. The number of carbonyl (C=O) groups excluding carboxylic acids is 2. The third kappa shape index (κ3) is 9.84. The van der Waals surface area contributed by atoms with Crippen LogP contribution in [0.2, 0.25) is 0 Å². The van der Waals surface area contributed by atoms with E-state index in [-0.39, 0.29) is 11.8 Å². The summed E-state index contributed by atoms with van der Waals surface area (Å²) in [7, 11) is 0. The first kappa shape index (κ1) is 63.2. The molecule has 80 heavy (non-hydrogen) atoms. The number of carboxylic acid groups (broad SMARTS) is 1. The van der Waals surface area contributed by atoms with Crippen molar-refractivity contribution < 1.29 is 114 Å². The number of aliphatic hydroxyl groups is 11. The van der Waals surface area contributed by atoms with Crippen LogP contribution in [0.25, 0.3) is 0 Å². The minimum Gasteiger partial charge on any atom is -0.479 e. The molecule has 27 unspecified atom stereocenters. The van der Waals surface area contributed by atoms with Gasteiger partial charge in [0.15, 0.2) is 31.1 Å². The first-order chi connectivity index (χ1) is 37.3. The van der Waals surface area contributed by atoms with Crippen LogP contribution in [-0.4, -0.2) is 216 Å². The van der Waals surface area contributed by atoms with Crippen molar-refractivity contribution in [1.29, 1.82) is 0 Å². The molecule has 12 N–H and O–H groups in total. The Morgan fingerprint density at radius 2 is 1.30 bits per heavy atom. The van der Waals surface area contributed by atoms with E-state index in [4.69, 9.17) is 37.9 Å². The number of aliphatic carboxylic acids is 1. The summed E-state index contributed by atoms with van der Waals surface area (Å²) >= 11 is 0. The first-order valence-electron chi connectivity index (χ1n) is 28.5. The molecular weight excluding hydrogens is 1050 g/mol. The molecule has 0 aromatic rings. The Morgan fingerprint density at radius 1 is 0.713 bits per heavy atom. The molecule has 3 aliphatic heterocycles. The zero-order valence-corrected chi connectivity index (χ0v) is 47.9. The van der Waals surface area contributed by atoms with Crippen molar-refractivity contribution >= 4 is 17.9 Å². The van der Waals surface area contributed by atoms with Crippen molar-refractivity contribution in [3.05, 3.63) is 23.3 Å². The molecular formula is C57H90O23. The van der Waals surface area contributed by atoms with E-state index in [2.05, 4.69) is 19.9 Å². The number of esters is 2. The van der Waals surface area contributed by atoms with Gasteiger partial charge in [-0.15, -0.1) is 0 Å². The van der Waals surface area contributed by atoms with Gasteiger partial charge in [0.05, 0.1) is 49.5 Å². The molecule has 3 saturated heterocycles. The van der Waals surface area contributed by atoms with Gasteiger partial charge in [-0.2, -0.15) is 0 Å². The molecule has 3 heterocycles. The second kappa shape index (κ2) is 22.9. The Labute approximate surface area is 467 Å². The van der Waals surface area contributed by atoms with Gasteiger partial charge in [0.1, 0.15) is 67.1 Å². The highest BCUT2D eigenvalue weighted by Crippen LogP contribution is 2.76. The lowest BCUT2D eigenvalue weighted by molar-refractivity contribution is -0.386. The number of rotatable bonds is 15. The second-order valence-electron chi connectivity index (χ2n) is 26.4. The van der Waals surface area contributed by atoms with Crippen LogP contribution in [0, 0.1) is 56.2 Å². The highest BCUT2D eigenvalue weighted by molar-refractivity contribution is 5.87. The Balaban J connectivity index is 1.14. The van der Waals surface area contributed by atoms with E-state index in [0.29, 0.717) is 50.5 Å². The monoisotopic (exact) mass is 1140 g/mol. The minimum absolute atomic E-state index is 0.146. The summed E-state index contributed by atoms with van der Waals surface area (Å²) in [5, 5.41) is 134. The van der Waals surface area contributed by atoms with Crippen LogP contribution in [0.1, 0.15) is 121 Å². The quantitative estimate of drug-likeness (QED) is 0.0455. The van der Waals surface area contributed by atoms with Crippen LogP contribution < -0.4 is 0 Å². The molecule has 7 fully saturated rings. The highest BCUT2D eigenvalue weighted by Gasteiger charge is 2.76. The molecule has 0 radical (unpaired) electrons. The van der Waals surface area contributed by atoms with E-state index in [1.807, 2.05) is 41.5 Å². The van der Waals surface area contributed by atoms with E-state index in [9.17, 15) is 75.7 Å². The molecule has 456 valence electrons. The summed E-state index contributed by atoms with van der Waals surface area (Å²) in [5.74, 6) is -4.40. The van der Waals surface area contributed by atoms with Gasteiger partial charge in [-0.3, -0.25) is 4.79 Å². The van der Waals surface area contributed by atoms with E-state index in [1.54, 1.807) is 26.8 Å². The third-order valence-corrected chi connectivity index (χ3v) is 21.6. The van der Waals surface area contributed by atoms with Gasteiger partial charge in [-0.1, -0.05) is 80.0 Å². The number of aliphatic hydroxyl groups excluding tert-OH is 11. The van der Waals surface area contributed by atoms with E-state index < -0.39 is 199 Å². The average Bonchev–Trinajstić information content (AvgIpc) is 3.72. The topological polar surface area (TPSA) is 368 Å². The fourth-order valence-electron chi connectivity index (χ4n) is 16.3. The molecule has 0 aromatic carbocycles. The molecule has 23 nitrogen and oxygen atoms in total. The molecule has 0 amide bonds. The molecule has 0 aromatic heterocycles. The van der Waals surface area contributed by atoms with Crippen molar-refractivity contribution in [2.75, 3.05) is 19.8 Å². The number of hydrogen-bond donors (Lipinski definition) is 12. The van der Waals surface area contributed by atoms with Crippen molar-refractivity contribution in [3.63, 3.8) is 0 Å². The lowest BCUT2D eigenvalue weighted by atomic mass is 9.32. The first-order valence-corrected chi connectivity index (χ1v) is 28.5. The number of fused-ring (bicyclic) bond motifs is 7. The molecule has 4 saturated carbocycles. The van der Waals surface area contributed by atoms with Gasteiger partial charge in [-0.25, -0.2) is 9.59 Å². The maximum atomic E-state index is 13.9. The van der Waals surface area contributed by atoms with Gasteiger partial charge in [0.2, 0.25) is 0 Å². The maximum Gasteiger partial charge on any atom is 0.335 e. The van der Waals surface area contributed by atoms with Gasteiger partial charge < -0.3 is 99.2 Å². The van der Waals surface area contributed by atoms with E-state index in [1.165, 1.54) is 0 Å². The van der Waals surface area contributed by atoms with Crippen LogP contribution in [-0.2, 0) is 52.3 Å². The normalized spacial score (nSPS) is 49.2. The number of hydrogen-bond acceptors (Lipinski definition) is 22. The standard InChI is InChI=1S/C57H90O23/c1-12-24(3)47(71)79-44-45(80-48(72)25(4)13-2)57(23-60)27(20-52(44,5)6)26-14-15-31-54(9)18-17-32(53(7,8)30(54)16-19-55(31,10)56(26,11)42(67)43(57)68)75-51-41(78-50-37(65)35(63)33(61)28(21-58)73-50)39(38(66)40(77-51)46(69)70)76-49-36(64)34(62)29(22-59)74-49/h12,14,25,27-45,49-51,58-68H,13,15-23H2,1-11H3,(H,69,70). The highest BCUT2D eigenvalue weighted by atomic mass is 16.8. The lowest BCUT2D eigenvalue weighted by Gasteiger charge is -2.73. The molecule has 8 aliphatic rings. The van der Waals surface area contributed by atoms with Crippen LogP contribution in [0.3, 0.4) is 0 Å². The number of ether oxygens (including phenoxy) is 8. The van der Waals surface area contributed by atoms with E-state index in [0.717, 1.165) is 5.57 Å². The van der Waals surface area contributed by atoms with Crippen LogP contribution in [0.5, 0.6) is 0 Å². The smallest absolute Gasteiger partial charge is 0.335 e. The second-order valence-corrected chi connectivity index (χ2v) is 26.4. The number of allylic oxidation sites excluding steroid dienone is 2. The predicted octanol–water partition coefficient (Wildman–Crippen LogP) is 0.343. The minimum atomic E-state index is -2.12. The summed E-state index contributed by atoms with van der Waals surface area (Å²) < 4.78 is 49.1. The van der Waals surface area contributed by atoms with Crippen molar-refractivity contribution in [3.8, 4) is 0 Å². The largest absolute Gasteiger partial charge is 0.479 e. The molecule has 0 spiro atoms. The van der Waals surface area contributed by atoms with E-state index >= 15 is 0 Å². The van der Waals surface area contributed by atoms with Gasteiger partial charge >= 0.3 is 17.9 Å². The van der Waals surface area contributed by atoms with Crippen molar-refractivity contribution in [1.82, 2.24) is 0 Å². The zero-order chi connectivity index (χ0) is 59.3. The molecule has 0 bridgehead atoms. The SMILES string of the molecule is CC=C(C)C(=O)OC1C(OC(=O)C(C)CC)C2(CO)C(CC1(C)C)C1=CCC3C4(C)CCC(OC5OC(C(=O)O)C(O)C(OC6OC(CO)C(O)C6O)C5OC5OC(CO)C(O)C(O)C5O)C(C)(C)C4CCC3(C)C1(C)C(O)C2O. The Morgan fingerprint density at radius 3 is 1.86 bits per heavy atom. The predicted molar refractivity (Wildman–Crippen MR) is 277 cm³/mol. The van der Waals surface area contributed by atoms with Gasteiger partial charge in [-0.05, 0) is 92.8 Å². The average molecular weight is 1140 g/mol. The maximum absolute atomic E-state index is 13.9. The Bertz CT molecular complexity index is 2330. The summed E-state index contributed by atoms with van der Waals surface area (Å²) in [6.07, 6.45) is -24.9. The summed E-state index contributed by atoms with van der Waals surface area (Å²) in [4.78, 5) is 40.4. The van der Waals surface area contributed by atoms with Gasteiger partial charge in [0, 0.05) is 16.4 Å². The fraction of sp³-hybridized carbons (Fsp3) is 0.877. The van der Waals surface area contributed by atoms with Crippen LogP contribution in [0.4, 0.5) is 0 Å². The number of carbonyl (C=O) groups is 3. The summed E-state index contributed by atoms with van der Waals surface area (Å²) in [6.45, 7) is 18.8. The summed E-state index contributed by atoms with van der Waals surface area (Å²) in [6, 6.07) is 0. The molecule has 27 atom stereocenters. The lowest BCUT2D eigenvalue weighted by Crippen LogP contribution is -2.76.